The molecule has 124 valence electrons. The molecular weight excluding hydrogens is 270 g/mol. The summed E-state index contributed by atoms with van der Waals surface area (Å²) in [5.74, 6) is -0.148. The Kier molecular flexibility index (Phi) is 6.46. The second-order valence-electron chi connectivity index (χ2n) is 7.57. The Balaban J connectivity index is 1.70. The lowest BCUT2D eigenvalue weighted by Gasteiger charge is -2.38. The van der Waals surface area contributed by atoms with Gasteiger partial charge in [0.2, 0.25) is 0 Å². The molecule has 0 atom stereocenters. The van der Waals surface area contributed by atoms with Crippen molar-refractivity contribution >= 4 is 0 Å². The van der Waals surface area contributed by atoms with Gasteiger partial charge >= 0.3 is 0 Å². The molecular formula is C18H32F2O. The van der Waals surface area contributed by atoms with E-state index in [0.29, 0.717) is 0 Å². The van der Waals surface area contributed by atoms with E-state index in [1.165, 1.54) is 38.5 Å². The summed E-state index contributed by atoms with van der Waals surface area (Å²) in [5.41, 5.74) is 0. The zero-order chi connectivity index (χ0) is 15.3. The minimum Gasteiger partial charge on any atom is -0.390 e. The van der Waals surface area contributed by atoms with Crippen molar-refractivity contribution in [2.75, 3.05) is 6.61 Å². The lowest BCUT2D eigenvalue weighted by molar-refractivity contribution is -0.0727. The summed E-state index contributed by atoms with van der Waals surface area (Å²) in [6.07, 6.45) is 12.2. The molecule has 2 aliphatic carbocycles. The van der Waals surface area contributed by atoms with E-state index in [4.69, 9.17) is 5.11 Å². The van der Waals surface area contributed by atoms with Crippen LogP contribution in [0.3, 0.4) is 0 Å². The average molecular weight is 302 g/mol. The highest BCUT2D eigenvalue weighted by molar-refractivity contribution is 4.83. The number of hydrogen-bond acceptors (Lipinski definition) is 1. The van der Waals surface area contributed by atoms with Gasteiger partial charge in [-0.2, -0.15) is 0 Å². The largest absolute Gasteiger partial charge is 0.390 e. The predicted molar refractivity (Wildman–Crippen MR) is 82.5 cm³/mol. The maximum Gasteiger partial charge on any atom is 0.270 e. The molecule has 0 radical (unpaired) electrons. The molecule has 3 heteroatoms. The molecule has 0 aromatic heterocycles. The van der Waals surface area contributed by atoms with Crippen molar-refractivity contribution in [2.45, 2.75) is 83.5 Å². The van der Waals surface area contributed by atoms with Crippen molar-refractivity contribution in [1.82, 2.24) is 0 Å². The third-order valence-corrected chi connectivity index (χ3v) is 5.97. The van der Waals surface area contributed by atoms with Gasteiger partial charge in [-0.1, -0.05) is 32.6 Å². The van der Waals surface area contributed by atoms with Gasteiger partial charge in [-0.15, -0.1) is 0 Å². The molecule has 0 amide bonds. The third-order valence-electron chi connectivity index (χ3n) is 5.97. The van der Waals surface area contributed by atoms with Crippen molar-refractivity contribution in [3.63, 3.8) is 0 Å². The molecule has 0 spiro atoms. The van der Waals surface area contributed by atoms with Gasteiger partial charge in [-0.05, 0) is 62.2 Å². The van der Waals surface area contributed by atoms with Gasteiger partial charge in [0.15, 0.2) is 0 Å². The number of halogens is 2. The van der Waals surface area contributed by atoms with Crippen LogP contribution in [-0.2, 0) is 0 Å². The second kappa shape index (κ2) is 7.89. The fourth-order valence-electron chi connectivity index (χ4n) is 4.71. The molecule has 0 aromatic rings. The molecule has 2 fully saturated rings. The minimum atomic E-state index is -2.87. The second-order valence-corrected chi connectivity index (χ2v) is 7.57. The third kappa shape index (κ3) is 5.19. The van der Waals surface area contributed by atoms with Crippen LogP contribution in [0.2, 0.25) is 0 Å². The summed E-state index contributed by atoms with van der Waals surface area (Å²) >= 11 is 0. The van der Waals surface area contributed by atoms with E-state index < -0.39 is 12.5 Å². The number of aliphatic hydroxyl groups excluding tert-OH is 1. The maximum absolute atomic E-state index is 13.3. The van der Waals surface area contributed by atoms with Crippen LogP contribution in [0.15, 0.2) is 0 Å². The first-order valence-electron chi connectivity index (χ1n) is 9.02. The van der Waals surface area contributed by atoms with Crippen molar-refractivity contribution < 1.29 is 13.9 Å². The number of rotatable bonds is 6. The highest BCUT2D eigenvalue weighted by atomic mass is 19.3. The Labute approximate surface area is 128 Å². The molecule has 1 nitrogen and oxygen atoms in total. The fraction of sp³-hybridized carbons (Fsp3) is 1.00. The standard InChI is InChI=1S/C18H32F2O/c1-2-3-14-4-8-16(9-5-14)17-10-6-15(7-11-17)12-18(19,20)13-21/h14-17,21H,2-13H2,1H3. The number of aliphatic hydroxyl groups is 1. The highest BCUT2D eigenvalue weighted by Gasteiger charge is 2.35. The highest BCUT2D eigenvalue weighted by Crippen LogP contribution is 2.43. The van der Waals surface area contributed by atoms with Crippen molar-refractivity contribution in [1.29, 1.82) is 0 Å². The molecule has 0 saturated heterocycles. The first-order chi connectivity index (χ1) is 10.0. The van der Waals surface area contributed by atoms with Crippen LogP contribution in [0.25, 0.3) is 0 Å². The Morgan fingerprint density at radius 2 is 1.33 bits per heavy atom. The molecule has 0 unspecified atom stereocenters. The molecule has 0 aromatic carbocycles. The van der Waals surface area contributed by atoms with Gasteiger partial charge in [0.05, 0.1) is 0 Å². The van der Waals surface area contributed by atoms with E-state index in [1.54, 1.807) is 0 Å². The zero-order valence-corrected chi connectivity index (χ0v) is 13.5. The number of alkyl halides is 2. The first-order valence-corrected chi connectivity index (χ1v) is 9.02. The lowest BCUT2D eigenvalue weighted by Crippen LogP contribution is -2.30. The summed E-state index contributed by atoms with van der Waals surface area (Å²) in [4.78, 5) is 0. The molecule has 21 heavy (non-hydrogen) atoms. The minimum absolute atomic E-state index is 0.112. The van der Waals surface area contributed by atoms with Crippen LogP contribution >= 0.6 is 0 Å². The van der Waals surface area contributed by atoms with Crippen molar-refractivity contribution in [3.05, 3.63) is 0 Å². The summed E-state index contributed by atoms with van der Waals surface area (Å²) in [6, 6.07) is 0. The summed E-state index contributed by atoms with van der Waals surface area (Å²) in [6.45, 7) is 1.28. The van der Waals surface area contributed by atoms with Gasteiger partial charge < -0.3 is 5.11 Å². The normalized spacial score (nSPS) is 34.9. The molecule has 0 heterocycles. The fourth-order valence-corrected chi connectivity index (χ4v) is 4.71. The van der Waals surface area contributed by atoms with E-state index in [0.717, 1.165) is 43.4 Å². The van der Waals surface area contributed by atoms with Crippen LogP contribution in [0.4, 0.5) is 8.78 Å². The van der Waals surface area contributed by atoms with Crippen LogP contribution in [0, 0.1) is 23.7 Å². The molecule has 1 N–H and O–H groups in total. The lowest BCUT2D eigenvalue weighted by atomic mass is 9.68. The Morgan fingerprint density at radius 3 is 1.76 bits per heavy atom. The smallest absolute Gasteiger partial charge is 0.270 e. The van der Waals surface area contributed by atoms with E-state index in [-0.39, 0.29) is 12.3 Å². The van der Waals surface area contributed by atoms with Gasteiger partial charge in [-0.3, -0.25) is 0 Å². The van der Waals surface area contributed by atoms with Gasteiger partial charge in [0.1, 0.15) is 6.61 Å². The summed E-state index contributed by atoms with van der Waals surface area (Å²) < 4.78 is 26.5. The SMILES string of the molecule is CCCC1CCC(C2CCC(CC(F)(F)CO)CC2)CC1. The van der Waals surface area contributed by atoms with Crippen molar-refractivity contribution in [2.24, 2.45) is 23.7 Å². The average Bonchev–Trinajstić information content (AvgIpc) is 2.49. The van der Waals surface area contributed by atoms with Gasteiger partial charge in [0.25, 0.3) is 5.92 Å². The molecule has 2 rings (SSSR count). The van der Waals surface area contributed by atoms with Crippen molar-refractivity contribution in [3.8, 4) is 0 Å². The predicted octanol–water partition coefficient (Wildman–Crippen LogP) is 5.42. The van der Waals surface area contributed by atoms with Crippen LogP contribution in [0.1, 0.15) is 77.6 Å². The van der Waals surface area contributed by atoms with E-state index in [2.05, 4.69) is 6.92 Å². The Hall–Kier alpha value is -0.180. The first kappa shape index (κ1) is 17.2. The zero-order valence-electron chi connectivity index (χ0n) is 13.5. The topological polar surface area (TPSA) is 20.2 Å². The van der Waals surface area contributed by atoms with E-state index in [9.17, 15) is 8.78 Å². The molecule has 2 aliphatic rings. The summed E-state index contributed by atoms with van der Waals surface area (Å²) in [5, 5.41) is 8.70. The van der Waals surface area contributed by atoms with Crippen LogP contribution < -0.4 is 0 Å². The molecule has 0 bridgehead atoms. The van der Waals surface area contributed by atoms with Crippen LogP contribution in [-0.4, -0.2) is 17.6 Å². The van der Waals surface area contributed by atoms with E-state index in [1.807, 2.05) is 0 Å². The van der Waals surface area contributed by atoms with Gasteiger partial charge in [-0.25, -0.2) is 8.78 Å². The Morgan fingerprint density at radius 1 is 0.857 bits per heavy atom. The maximum atomic E-state index is 13.3. The summed E-state index contributed by atoms with van der Waals surface area (Å²) in [7, 11) is 0. The molecule has 0 aliphatic heterocycles. The monoisotopic (exact) mass is 302 g/mol. The number of hydrogen-bond donors (Lipinski definition) is 1. The van der Waals surface area contributed by atoms with Gasteiger partial charge in [0, 0.05) is 6.42 Å². The molecule has 2 saturated carbocycles. The van der Waals surface area contributed by atoms with Crippen LogP contribution in [0.5, 0.6) is 0 Å². The Bertz CT molecular complexity index is 290. The van der Waals surface area contributed by atoms with E-state index >= 15 is 0 Å². The quantitative estimate of drug-likeness (QED) is 0.695.